The van der Waals surface area contributed by atoms with Gasteiger partial charge in [-0.05, 0) is 25.5 Å². The van der Waals surface area contributed by atoms with Crippen LogP contribution in [0.2, 0.25) is 5.02 Å². The van der Waals surface area contributed by atoms with Crippen molar-refractivity contribution in [1.29, 1.82) is 0 Å². The van der Waals surface area contributed by atoms with Gasteiger partial charge >= 0.3 is 0 Å². The lowest BCUT2D eigenvalue weighted by atomic mass is 10.1. The Morgan fingerprint density at radius 1 is 1.35 bits per heavy atom. The van der Waals surface area contributed by atoms with Crippen LogP contribution in [0.4, 0.5) is 0 Å². The lowest BCUT2D eigenvalue weighted by Crippen LogP contribution is -2.28. The van der Waals surface area contributed by atoms with Crippen LogP contribution in [0.5, 0.6) is 0 Å². The van der Waals surface area contributed by atoms with Gasteiger partial charge in [-0.15, -0.1) is 11.3 Å². The predicted molar refractivity (Wildman–Crippen MR) is 72.2 cm³/mol. The van der Waals surface area contributed by atoms with Crippen molar-refractivity contribution in [2.75, 3.05) is 0 Å². The van der Waals surface area contributed by atoms with Crippen LogP contribution in [0.25, 0.3) is 0 Å². The van der Waals surface area contributed by atoms with E-state index >= 15 is 0 Å². The quantitative estimate of drug-likeness (QED) is 0.664. The molecule has 2 rings (SSSR count). The van der Waals surface area contributed by atoms with Gasteiger partial charge in [0.2, 0.25) is 0 Å². The van der Waals surface area contributed by atoms with Crippen molar-refractivity contribution in [1.82, 2.24) is 10.4 Å². The summed E-state index contributed by atoms with van der Waals surface area (Å²) >= 11 is 7.83. The average Bonchev–Trinajstić information content (AvgIpc) is 2.62. The standard InChI is InChI=1S/C12H14ClN3S/c1-7-12(17-8(2)15-7)11(16-14)9-5-3-4-6-10(9)13/h3-6,11,16H,14H2,1-2H3. The Labute approximate surface area is 110 Å². The Morgan fingerprint density at radius 3 is 2.59 bits per heavy atom. The van der Waals surface area contributed by atoms with E-state index in [1.54, 1.807) is 11.3 Å². The van der Waals surface area contributed by atoms with Crippen LogP contribution in [-0.2, 0) is 0 Å². The molecule has 5 heteroatoms. The molecule has 90 valence electrons. The molecule has 2 aromatic rings. The number of hydrazine groups is 1. The number of nitrogens with two attached hydrogens (primary N) is 1. The van der Waals surface area contributed by atoms with Crippen LogP contribution in [0, 0.1) is 13.8 Å². The van der Waals surface area contributed by atoms with Crippen LogP contribution < -0.4 is 11.3 Å². The predicted octanol–water partition coefficient (Wildman–Crippen LogP) is 2.97. The summed E-state index contributed by atoms with van der Waals surface area (Å²) in [5.74, 6) is 5.65. The number of rotatable bonds is 3. The van der Waals surface area contributed by atoms with E-state index in [2.05, 4.69) is 10.4 Å². The summed E-state index contributed by atoms with van der Waals surface area (Å²) < 4.78 is 0. The van der Waals surface area contributed by atoms with Crippen LogP contribution >= 0.6 is 22.9 Å². The lowest BCUT2D eigenvalue weighted by Gasteiger charge is -2.16. The average molecular weight is 268 g/mol. The van der Waals surface area contributed by atoms with E-state index in [0.717, 1.165) is 21.1 Å². The van der Waals surface area contributed by atoms with E-state index in [-0.39, 0.29) is 6.04 Å². The number of thiazole rings is 1. The molecule has 0 saturated heterocycles. The van der Waals surface area contributed by atoms with E-state index in [1.165, 1.54) is 0 Å². The Morgan fingerprint density at radius 2 is 2.06 bits per heavy atom. The molecule has 17 heavy (non-hydrogen) atoms. The first-order valence-electron chi connectivity index (χ1n) is 5.28. The van der Waals surface area contributed by atoms with Crippen LogP contribution in [0.3, 0.4) is 0 Å². The second kappa shape index (κ2) is 5.14. The summed E-state index contributed by atoms with van der Waals surface area (Å²) in [5, 5.41) is 1.74. The third-order valence-corrected chi connectivity index (χ3v) is 4.07. The third-order valence-electron chi connectivity index (χ3n) is 2.58. The monoisotopic (exact) mass is 267 g/mol. The molecule has 0 aliphatic heterocycles. The molecule has 0 bridgehead atoms. The van der Waals surface area contributed by atoms with Crippen molar-refractivity contribution in [2.24, 2.45) is 5.84 Å². The van der Waals surface area contributed by atoms with Gasteiger partial charge in [0.15, 0.2) is 0 Å². The number of hydrogen-bond donors (Lipinski definition) is 2. The molecule has 3 N–H and O–H groups in total. The maximum atomic E-state index is 6.20. The van der Waals surface area contributed by atoms with Crippen molar-refractivity contribution in [2.45, 2.75) is 19.9 Å². The van der Waals surface area contributed by atoms with Crippen molar-refractivity contribution in [3.05, 3.63) is 50.4 Å². The summed E-state index contributed by atoms with van der Waals surface area (Å²) in [4.78, 5) is 5.52. The molecule has 1 atom stereocenters. The van der Waals surface area contributed by atoms with Gasteiger partial charge in [-0.2, -0.15) is 0 Å². The van der Waals surface area contributed by atoms with Gasteiger partial charge < -0.3 is 0 Å². The highest BCUT2D eigenvalue weighted by atomic mass is 35.5. The van der Waals surface area contributed by atoms with Crippen molar-refractivity contribution >= 4 is 22.9 Å². The highest BCUT2D eigenvalue weighted by Gasteiger charge is 2.20. The highest BCUT2D eigenvalue weighted by Crippen LogP contribution is 2.32. The highest BCUT2D eigenvalue weighted by molar-refractivity contribution is 7.11. The SMILES string of the molecule is Cc1nc(C)c(C(NN)c2ccccc2Cl)s1. The zero-order chi connectivity index (χ0) is 12.4. The molecule has 0 radical (unpaired) electrons. The first-order chi connectivity index (χ1) is 8.13. The largest absolute Gasteiger partial charge is 0.271 e. The maximum absolute atomic E-state index is 6.20. The number of aryl methyl sites for hydroxylation is 2. The normalized spacial score (nSPS) is 12.7. The third kappa shape index (κ3) is 2.50. The van der Waals surface area contributed by atoms with Crippen molar-refractivity contribution in [3.8, 4) is 0 Å². The fourth-order valence-corrected chi connectivity index (χ4v) is 3.08. The molecule has 1 aromatic heterocycles. The Kier molecular flexibility index (Phi) is 3.79. The van der Waals surface area contributed by atoms with Gasteiger partial charge in [0.25, 0.3) is 0 Å². The Bertz CT molecular complexity index is 524. The Hall–Kier alpha value is -0.940. The molecule has 0 amide bonds. The van der Waals surface area contributed by atoms with Crippen molar-refractivity contribution < 1.29 is 0 Å². The molecular formula is C12H14ClN3S. The van der Waals surface area contributed by atoms with Crippen molar-refractivity contribution in [3.63, 3.8) is 0 Å². The van der Waals surface area contributed by atoms with Crippen LogP contribution in [0.15, 0.2) is 24.3 Å². The molecule has 0 saturated carbocycles. The number of aromatic nitrogens is 1. The van der Waals surface area contributed by atoms with Crippen LogP contribution in [-0.4, -0.2) is 4.98 Å². The van der Waals surface area contributed by atoms with E-state index in [9.17, 15) is 0 Å². The van der Waals surface area contributed by atoms with Gasteiger partial charge in [-0.1, -0.05) is 29.8 Å². The minimum atomic E-state index is -0.102. The number of halogens is 1. The minimum absolute atomic E-state index is 0.102. The number of benzene rings is 1. The van der Waals surface area contributed by atoms with E-state index in [4.69, 9.17) is 17.4 Å². The van der Waals surface area contributed by atoms with Gasteiger partial charge in [0.1, 0.15) is 0 Å². The van der Waals surface area contributed by atoms with Gasteiger partial charge in [-0.3, -0.25) is 5.84 Å². The zero-order valence-corrected chi connectivity index (χ0v) is 11.3. The van der Waals surface area contributed by atoms with E-state index < -0.39 is 0 Å². The van der Waals surface area contributed by atoms with Crippen LogP contribution in [0.1, 0.15) is 27.2 Å². The number of hydrogen-bond acceptors (Lipinski definition) is 4. The molecule has 1 unspecified atom stereocenters. The Balaban J connectivity index is 2.47. The van der Waals surface area contributed by atoms with Gasteiger partial charge in [0, 0.05) is 5.02 Å². The number of nitrogens with one attached hydrogen (secondary N) is 1. The fourth-order valence-electron chi connectivity index (χ4n) is 1.83. The number of nitrogens with zero attached hydrogens (tertiary/aromatic N) is 1. The smallest absolute Gasteiger partial charge is 0.0900 e. The summed E-state index contributed by atoms with van der Waals surface area (Å²) in [7, 11) is 0. The first kappa shape index (κ1) is 12.5. The van der Waals surface area contributed by atoms with Gasteiger partial charge in [0.05, 0.1) is 21.6 Å². The second-order valence-electron chi connectivity index (χ2n) is 3.80. The molecule has 3 nitrogen and oxygen atoms in total. The molecule has 1 heterocycles. The summed E-state index contributed by atoms with van der Waals surface area (Å²) in [5.41, 5.74) is 4.79. The summed E-state index contributed by atoms with van der Waals surface area (Å²) in [6.45, 7) is 3.97. The van der Waals surface area contributed by atoms with E-state index in [1.807, 2.05) is 38.1 Å². The molecule has 0 spiro atoms. The molecule has 1 aromatic carbocycles. The first-order valence-corrected chi connectivity index (χ1v) is 6.47. The summed E-state index contributed by atoms with van der Waals surface area (Å²) in [6, 6.07) is 7.60. The van der Waals surface area contributed by atoms with E-state index in [0.29, 0.717) is 5.02 Å². The second-order valence-corrected chi connectivity index (χ2v) is 5.45. The zero-order valence-electron chi connectivity index (χ0n) is 9.70. The molecule has 0 aliphatic rings. The lowest BCUT2D eigenvalue weighted by molar-refractivity contribution is 0.642. The maximum Gasteiger partial charge on any atom is 0.0900 e. The topological polar surface area (TPSA) is 50.9 Å². The summed E-state index contributed by atoms with van der Waals surface area (Å²) in [6.07, 6.45) is 0. The minimum Gasteiger partial charge on any atom is -0.271 e. The van der Waals surface area contributed by atoms with Gasteiger partial charge in [-0.25, -0.2) is 10.4 Å². The fraction of sp³-hybridized carbons (Fsp3) is 0.250. The molecular weight excluding hydrogens is 254 g/mol. The molecule has 0 aliphatic carbocycles. The molecule has 0 fully saturated rings.